The maximum absolute atomic E-state index is 5.60. The summed E-state index contributed by atoms with van der Waals surface area (Å²) in [6.45, 7) is 7.32. The van der Waals surface area contributed by atoms with Gasteiger partial charge in [0.15, 0.2) is 0 Å². The molecule has 0 heterocycles. The molecule has 0 spiro atoms. The van der Waals surface area contributed by atoms with E-state index in [-0.39, 0.29) is 6.10 Å². The van der Waals surface area contributed by atoms with Crippen LogP contribution >= 0.6 is 11.8 Å². The first-order valence-electron chi connectivity index (χ1n) is 6.30. The summed E-state index contributed by atoms with van der Waals surface area (Å²) < 4.78 is 5.60. The normalized spacial score (nSPS) is 10.6. The Morgan fingerprint density at radius 2 is 1.94 bits per heavy atom. The molecule has 0 saturated heterocycles. The lowest BCUT2D eigenvalue weighted by Crippen LogP contribution is -2.06. The lowest BCUT2D eigenvalue weighted by molar-refractivity contribution is 0.242. The third-order valence-corrected chi connectivity index (χ3v) is 3.21. The summed E-state index contributed by atoms with van der Waals surface area (Å²) >= 11 is 1.99. The van der Waals surface area contributed by atoms with E-state index in [0.29, 0.717) is 0 Å². The monoisotopic (exact) mass is 253 g/mol. The minimum atomic E-state index is 0.236. The number of thioether (sulfide) groups is 1. The van der Waals surface area contributed by atoms with Crippen molar-refractivity contribution in [1.29, 1.82) is 0 Å². The molecule has 0 fully saturated rings. The van der Waals surface area contributed by atoms with Gasteiger partial charge >= 0.3 is 0 Å². The summed E-state index contributed by atoms with van der Waals surface area (Å²) in [5.41, 5.74) is 1.17. The summed E-state index contributed by atoms with van der Waals surface area (Å²) in [4.78, 5) is 0. The van der Waals surface area contributed by atoms with E-state index in [1.54, 1.807) is 0 Å². The second kappa shape index (κ2) is 8.29. The quantitative estimate of drug-likeness (QED) is 0.707. The number of ether oxygens (including phenoxy) is 1. The Morgan fingerprint density at radius 3 is 2.53 bits per heavy atom. The van der Waals surface area contributed by atoms with E-state index in [2.05, 4.69) is 24.4 Å². The Bertz CT molecular complexity index is 298. The molecule has 2 nitrogen and oxygen atoms in total. The molecule has 0 aliphatic rings. The molecule has 3 heteroatoms. The predicted molar refractivity (Wildman–Crippen MR) is 78.3 cm³/mol. The zero-order valence-corrected chi connectivity index (χ0v) is 11.8. The van der Waals surface area contributed by atoms with Gasteiger partial charge in [-0.25, -0.2) is 0 Å². The number of rotatable bonds is 8. The largest absolute Gasteiger partial charge is 0.491 e. The maximum Gasteiger partial charge on any atom is 0.119 e. The van der Waals surface area contributed by atoms with Crippen LogP contribution in [0.5, 0.6) is 5.75 Å². The molecule has 0 aliphatic heterocycles. The van der Waals surface area contributed by atoms with Crippen molar-refractivity contribution < 1.29 is 4.74 Å². The fourth-order valence-electron chi connectivity index (χ4n) is 1.47. The van der Waals surface area contributed by atoms with Crippen molar-refractivity contribution in [3.05, 3.63) is 24.3 Å². The van der Waals surface area contributed by atoms with Crippen molar-refractivity contribution in [1.82, 2.24) is 0 Å². The topological polar surface area (TPSA) is 21.3 Å². The highest BCUT2D eigenvalue weighted by atomic mass is 32.2. The van der Waals surface area contributed by atoms with Crippen LogP contribution in [0.3, 0.4) is 0 Å². The number of nitrogens with one attached hydrogen (secondary N) is 1. The Kier molecular flexibility index (Phi) is 6.94. The Labute approximate surface area is 109 Å². The molecule has 0 atom stereocenters. The lowest BCUT2D eigenvalue weighted by Gasteiger charge is -2.11. The zero-order valence-electron chi connectivity index (χ0n) is 11.0. The average molecular weight is 253 g/mol. The van der Waals surface area contributed by atoms with Gasteiger partial charge in [-0.3, -0.25) is 0 Å². The second-order valence-corrected chi connectivity index (χ2v) is 5.56. The molecule has 1 aromatic rings. The van der Waals surface area contributed by atoms with Crippen molar-refractivity contribution in [3.8, 4) is 5.75 Å². The van der Waals surface area contributed by atoms with Crippen LogP contribution in [-0.4, -0.2) is 24.2 Å². The van der Waals surface area contributed by atoms with Crippen molar-refractivity contribution in [2.24, 2.45) is 0 Å². The lowest BCUT2D eigenvalue weighted by atomic mass is 10.3. The first-order valence-corrected chi connectivity index (χ1v) is 7.46. The third kappa shape index (κ3) is 6.47. The van der Waals surface area contributed by atoms with Crippen LogP contribution in [0, 0.1) is 0 Å². The van der Waals surface area contributed by atoms with Gasteiger partial charge in [-0.15, -0.1) is 0 Å². The van der Waals surface area contributed by atoms with E-state index in [4.69, 9.17) is 4.74 Å². The molecule has 0 aliphatic carbocycles. The van der Waals surface area contributed by atoms with E-state index in [0.717, 1.165) is 12.3 Å². The van der Waals surface area contributed by atoms with Crippen LogP contribution in [-0.2, 0) is 0 Å². The molecular formula is C14H23NOS. The highest BCUT2D eigenvalue weighted by Gasteiger charge is 1.97. The van der Waals surface area contributed by atoms with Gasteiger partial charge < -0.3 is 10.1 Å². The Balaban J connectivity index is 2.25. The molecule has 0 aromatic heterocycles. The number of hydrogen-bond acceptors (Lipinski definition) is 3. The zero-order chi connectivity index (χ0) is 12.5. The van der Waals surface area contributed by atoms with Crippen LogP contribution in [0.15, 0.2) is 24.3 Å². The Hall–Kier alpha value is -0.830. The first-order chi connectivity index (χ1) is 8.22. The van der Waals surface area contributed by atoms with Gasteiger partial charge in [-0.2, -0.15) is 11.8 Å². The minimum absolute atomic E-state index is 0.236. The number of anilines is 1. The predicted octanol–water partition coefficient (Wildman–Crippen LogP) is 4.03. The van der Waals surface area contributed by atoms with Crippen LogP contribution in [0.4, 0.5) is 5.69 Å². The number of hydrogen-bond donors (Lipinski definition) is 1. The number of benzene rings is 1. The van der Waals surface area contributed by atoms with E-state index in [1.807, 2.05) is 37.7 Å². The molecule has 96 valence electrons. The first kappa shape index (κ1) is 14.2. The van der Waals surface area contributed by atoms with Crippen molar-refractivity contribution in [3.63, 3.8) is 0 Å². The van der Waals surface area contributed by atoms with Gasteiger partial charge in [0.1, 0.15) is 5.75 Å². The van der Waals surface area contributed by atoms with Gasteiger partial charge in [0, 0.05) is 12.2 Å². The summed E-state index contributed by atoms with van der Waals surface area (Å²) in [5.74, 6) is 3.38. The third-order valence-electron chi connectivity index (χ3n) is 2.22. The molecule has 0 bridgehead atoms. The van der Waals surface area contributed by atoms with Crippen molar-refractivity contribution >= 4 is 17.4 Å². The minimum Gasteiger partial charge on any atom is -0.491 e. The highest BCUT2D eigenvalue weighted by Crippen LogP contribution is 2.16. The van der Waals surface area contributed by atoms with Gasteiger partial charge in [0.25, 0.3) is 0 Å². The fraction of sp³-hybridized carbons (Fsp3) is 0.571. The van der Waals surface area contributed by atoms with Crippen LogP contribution in [0.1, 0.15) is 27.2 Å². The summed E-state index contributed by atoms with van der Waals surface area (Å²) in [5, 5.41) is 3.42. The summed E-state index contributed by atoms with van der Waals surface area (Å²) in [7, 11) is 0. The van der Waals surface area contributed by atoms with Crippen molar-refractivity contribution in [2.75, 3.05) is 23.4 Å². The molecule has 0 radical (unpaired) electrons. The SMILES string of the molecule is CCSCCCNc1ccc(OC(C)C)cc1. The van der Waals surface area contributed by atoms with E-state index >= 15 is 0 Å². The molecule has 17 heavy (non-hydrogen) atoms. The molecule has 0 amide bonds. The molecule has 1 rings (SSSR count). The maximum atomic E-state index is 5.60. The van der Waals surface area contributed by atoms with Gasteiger partial charge in [0.05, 0.1) is 6.10 Å². The molecular weight excluding hydrogens is 230 g/mol. The molecule has 0 unspecified atom stereocenters. The second-order valence-electron chi connectivity index (χ2n) is 4.17. The van der Waals surface area contributed by atoms with E-state index < -0.39 is 0 Å². The fourth-order valence-corrected chi connectivity index (χ4v) is 2.11. The van der Waals surface area contributed by atoms with Gasteiger partial charge in [-0.1, -0.05) is 6.92 Å². The molecule has 0 saturated carbocycles. The van der Waals surface area contributed by atoms with Crippen LogP contribution in [0.25, 0.3) is 0 Å². The van der Waals surface area contributed by atoms with E-state index in [9.17, 15) is 0 Å². The van der Waals surface area contributed by atoms with Gasteiger partial charge in [-0.05, 0) is 56.0 Å². The summed E-state index contributed by atoms with van der Waals surface area (Å²) in [6.07, 6.45) is 1.45. The molecule has 1 N–H and O–H groups in total. The smallest absolute Gasteiger partial charge is 0.119 e. The van der Waals surface area contributed by atoms with Crippen LogP contribution in [0.2, 0.25) is 0 Å². The highest BCUT2D eigenvalue weighted by molar-refractivity contribution is 7.99. The van der Waals surface area contributed by atoms with E-state index in [1.165, 1.54) is 23.6 Å². The molecule has 1 aromatic carbocycles. The van der Waals surface area contributed by atoms with Gasteiger partial charge in [0.2, 0.25) is 0 Å². The standard InChI is InChI=1S/C14H23NOS/c1-4-17-11-5-10-15-13-6-8-14(9-7-13)16-12(2)3/h6-9,12,15H,4-5,10-11H2,1-3H3. The Morgan fingerprint density at radius 1 is 1.24 bits per heavy atom. The van der Waals surface area contributed by atoms with Crippen LogP contribution < -0.4 is 10.1 Å². The van der Waals surface area contributed by atoms with Crippen molar-refractivity contribution in [2.45, 2.75) is 33.3 Å². The average Bonchev–Trinajstić information content (AvgIpc) is 2.30. The summed E-state index contributed by atoms with van der Waals surface area (Å²) in [6, 6.07) is 8.18.